The number of hydrogen-bond acceptors (Lipinski definition) is 2. The SMILES string of the molecule is CCN(C)C(=O)c1cccc(N)c1. The second kappa shape index (κ2) is 3.94. The lowest BCUT2D eigenvalue weighted by atomic mass is 10.2. The average Bonchev–Trinajstić information content (AvgIpc) is 2.15. The smallest absolute Gasteiger partial charge is 0.253 e. The van der Waals surface area contributed by atoms with Gasteiger partial charge in [-0.1, -0.05) is 6.07 Å². The Balaban J connectivity index is 2.89. The Morgan fingerprint density at radius 2 is 2.23 bits per heavy atom. The van der Waals surface area contributed by atoms with E-state index in [1.165, 1.54) is 0 Å². The van der Waals surface area contributed by atoms with Crippen LogP contribution in [0.4, 0.5) is 5.69 Å². The number of carbonyl (C=O) groups excluding carboxylic acids is 1. The van der Waals surface area contributed by atoms with Crippen LogP contribution in [-0.4, -0.2) is 24.4 Å². The third-order valence-corrected chi connectivity index (χ3v) is 1.95. The van der Waals surface area contributed by atoms with Crippen molar-refractivity contribution in [2.45, 2.75) is 6.92 Å². The van der Waals surface area contributed by atoms with Gasteiger partial charge in [0.05, 0.1) is 0 Å². The second-order valence-electron chi connectivity index (χ2n) is 2.94. The summed E-state index contributed by atoms with van der Waals surface area (Å²) in [5.74, 6) is 0.00907. The molecule has 70 valence electrons. The van der Waals surface area contributed by atoms with Crippen molar-refractivity contribution in [2.24, 2.45) is 0 Å². The molecular formula is C10H14N2O. The predicted molar refractivity (Wildman–Crippen MR) is 53.5 cm³/mol. The van der Waals surface area contributed by atoms with E-state index in [1.54, 1.807) is 36.2 Å². The summed E-state index contributed by atoms with van der Waals surface area (Å²) in [7, 11) is 1.77. The number of benzene rings is 1. The van der Waals surface area contributed by atoms with Crippen molar-refractivity contribution >= 4 is 11.6 Å². The van der Waals surface area contributed by atoms with E-state index < -0.39 is 0 Å². The highest BCUT2D eigenvalue weighted by atomic mass is 16.2. The lowest BCUT2D eigenvalue weighted by Crippen LogP contribution is -2.26. The van der Waals surface area contributed by atoms with E-state index >= 15 is 0 Å². The topological polar surface area (TPSA) is 46.3 Å². The van der Waals surface area contributed by atoms with E-state index in [-0.39, 0.29) is 5.91 Å². The molecule has 1 aromatic rings. The van der Waals surface area contributed by atoms with Crippen LogP contribution in [0.25, 0.3) is 0 Å². The molecule has 3 nitrogen and oxygen atoms in total. The molecule has 0 fully saturated rings. The molecule has 0 unspecified atom stereocenters. The molecule has 3 heteroatoms. The van der Waals surface area contributed by atoms with Gasteiger partial charge in [-0.3, -0.25) is 4.79 Å². The van der Waals surface area contributed by atoms with Crippen molar-refractivity contribution in [3.8, 4) is 0 Å². The number of nitrogens with zero attached hydrogens (tertiary/aromatic N) is 1. The first kappa shape index (κ1) is 9.58. The summed E-state index contributed by atoms with van der Waals surface area (Å²) in [4.78, 5) is 13.2. The number of rotatable bonds is 2. The lowest BCUT2D eigenvalue weighted by molar-refractivity contribution is 0.0802. The van der Waals surface area contributed by atoms with Crippen molar-refractivity contribution in [1.82, 2.24) is 4.90 Å². The molecule has 0 atom stereocenters. The van der Waals surface area contributed by atoms with Crippen LogP contribution >= 0.6 is 0 Å². The highest BCUT2D eigenvalue weighted by molar-refractivity contribution is 5.94. The lowest BCUT2D eigenvalue weighted by Gasteiger charge is -2.14. The Morgan fingerprint density at radius 3 is 2.77 bits per heavy atom. The van der Waals surface area contributed by atoms with Gasteiger partial charge >= 0.3 is 0 Å². The summed E-state index contributed by atoms with van der Waals surface area (Å²) in [5.41, 5.74) is 6.83. The van der Waals surface area contributed by atoms with Crippen LogP contribution in [0.1, 0.15) is 17.3 Å². The van der Waals surface area contributed by atoms with Crippen molar-refractivity contribution in [2.75, 3.05) is 19.3 Å². The monoisotopic (exact) mass is 178 g/mol. The molecule has 1 amide bonds. The Labute approximate surface area is 78.2 Å². The Kier molecular flexibility index (Phi) is 2.90. The van der Waals surface area contributed by atoms with Gasteiger partial charge in [-0.05, 0) is 25.1 Å². The summed E-state index contributed by atoms with van der Waals surface area (Å²) in [6.07, 6.45) is 0. The van der Waals surface area contributed by atoms with Crippen molar-refractivity contribution in [3.05, 3.63) is 29.8 Å². The fourth-order valence-electron chi connectivity index (χ4n) is 1.04. The fourth-order valence-corrected chi connectivity index (χ4v) is 1.04. The molecule has 0 aromatic heterocycles. The highest BCUT2D eigenvalue weighted by Gasteiger charge is 2.08. The molecule has 0 radical (unpaired) electrons. The third kappa shape index (κ3) is 2.21. The summed E-state index contributed by atoms with van der Waals surface area (Å²) in [6, 6.07) is 7.01. The summed E-state index contributed by atoms with van der Waals surface area (Å²) in [6.45, 7) is 2.64. The largest absolute Gasteiger partial charge is 0.399 e. The van der Waals surface area contributed by atoms with Crippen LogP contribution in [0.3, 0.4) is 0 Å². The molecule has 0 bridgehead atoms. The maximum absolute atomic E-state index is 11.6. The maximum Gasteiger partial charge on any atom is 0.253 e. The van der Waals surface area contributed by atoms with Gasteiger partial charge in [-0.25, -0.2) is 0 Å². The predicted octanol–water partition coefficient (Wildman–Crippen LogP) is 1.36. The van der Waals surface area contributed by atoms with Crippen LogP contribution in [0, 0.1) is 0 Å². The van der Waals surface area contributed by atoms with Gasteiger partial charge in [0, 0.05) is 24.8 Å². The molecule has 0 spiro atoms. The first-order chi connectivity index (χ1) is 6.15. The van der Waals surface area contributed by atoms with E-state index in [1.807, 2.05) is 6.92 Å². The van der Waals surface area contributed by atoms with Gasteiger partial charge in [-0.2, -0.15) is 0 Å². The Bertz CT molecular complexity index is 310. The first-order valence-corrected chi connectivity index (χ1v) is 4.26. The van der Waals surface area contributed by atoms with Gasteiger partial charge in [0.15, 0.2) is 0 Å². The van der Waals surface area contributed by atoms with Crippen molar-refractivity contribution < 1.29 is 4.79 Å². The first-order valence-electron chi connectivity index (χ1n) is 4.26. The Morgan fingerprint density at radius 1 is 1.54 bits per heavy atom. The van der Waals surface area contributed by atoms with Crippen LogP contribution < -0.4 is 5.73 Å². The van der Waals surface area contributed by atoms with Crippen LogP contribution in [0.2, 0.25) is 0 Å². The number of amides is 1. The second-order valence-corrected chi connectivity index (χ2v) is 2.94. The highest BCUT2D eigenvalue weighted by Crippen LogP contribution is 2.08. The molecular weight excluding hydrogens is 164 g/mol. The number of carbonyl (C=O) groups is 1. The van der Waals surface area contributed by atoms with Crippen molar-refractivity contribution in [3.63, 3.8) is 0 Å². The minimum absolute atomic E-state index is 0.00907. The van der Waals surface area contributed by atoms with Crippen molar-refractivity contribution in [1.29, 1.82) is 0 Å². The van der Waals surface area contributed by atoms with E-state index in [0.717, 1.165) is 0 Å². The van der Waals surface area contributed by atoms with Gasteiger partial charge in [0.1, 0.15) is 0 Å². The summed E-state index contributed by atoms with van der Waals surface area (Å²) in [5, 5.41) is 0. The molecule has 0 aliphatic rings. The van der Waals surface area contributed by atoms with Crippen LogP contribution in [-0.2, 0) is 0 Å². The minimum Gasteiger partial charge on any atom is -0.399 e. The number of nitrogen functional groups attached to an aromatic ring is 1. The van der Waals surface area contributed by atoms with Gasteiger partial charge in [0.25, 0.3) is 5.91 Å². The van der Waals surface area contributed by atoms with E-state index in [2.05, 4.69) is 0 Å². The van der Waals surface area contributed by atoms with Crippen LogP contribution in [0.5, 0.6) is 0 Å². The Hall–Kier alpha value is -1.51. The molecule has 0 aliphatic carbocycles. The maximum atomic E-state index is 11.6. The van der Waals surface area contributed by atoms with E-state index in [9.17, 15) is 4.79 Å². The molecule has 0 heterocycles. The molecule has 1 rings (SSSR count). The molecule has 2 N–H and O–H groups in total. The van der Waals surface area contributed by atoms with Gasteiger partial charge in [0.2, 0.25) is 0 Å². The third-order valence-electron chi connectivity index (χ3n) is 1.95. The molecule has 0 saturated carbocycles. The number of hydrogen-bond donors (Lipinski definition) is 1. The zero-order chi connectivity index (χ0) is 9.84. The average molecular weight is 178 g/mol. The summed E-state index contributed by atoms with van der Waals surface area (Å²) >= 11 is 0. The number of nitrogens with two attached hydrogens (primary N) is 1. The fraction of sp³-hybridized carbons (Fsp3) is 0.300. The van der Waals surface area contributed by atoms with Gasteiger partial charge < -0.3 is 10.6 Å². The summed E-state index contributed by atoms with van der Waals surface area (Å²) < 4.78 is 0. The molecule has 0 aliphatic heterocycles. The van der Waals surface area contributed by atoms with Gasteiger partial charge in [-0.15, -0.1) is 0 Å². The molecule has 0 saturated heterocycles. The quantitative estimate of drug-likeness (QED) is 0.695. The molecule has 13 heavy (non-hydrogen) atoms. The zero-order valence-electron chi connectivity index (χ0n) is 7.95. The number of anilines is 1. The standard InChI is InChI=1S/C10H14N2O/c1-3-12(2)10(13)8-5-4-6-9(11)7-8/h4-7H,3,11H2,1-2H3. The zero-order valence-corrected chi connectivity index (χ0v) is 7.95. The minimum atomic E-state index is 0.00907. The molecule has 1 aromatic carbocycles. The van der Waals surface area contributed by atoms with E-state index in [4.69, 9.17) is 5.73 Å². The van der Waals surface area contributed by atoms with E-state index in [0.29, 0.717) is 17.8 Å². The van der Waals surface area contributed by atoms with Crippen LogP contribution in [0.15, 0.2) is 24.3 Å². The normalized spacial score (nSPS) is 9.69.